The Labute approximate surface area is 179 Å². The van der Waals surface area contributed by atoms with E-state index in [0.29, 0.717) is 18.2 Å². The van der Waals surface area contributed by atoms with E-state index in [1.54, 1.807) is 18.2 Å². The molecule has 0 amide bonds. The minimum Gasteiger partial charge on any atom is -0.344 e. The molecule has 3 rings (SSSR count). The molecule has 1 heterocycles. The lowest BCUT2D eigenvalue weighted by atomic mass is 9.69. The lowest BCUT2D eigenvalue weighted by Gasteiger charge is -2.42. The Morgan fingerprint density at radius 1 is 1.14 bits per heavy atom. The standard InChI is InChI=1S/C23H29ClO4S/c1-17(11-16-29(25,26)20-8-6-19(24)7-9-20)5-10-21-18(2)23(27-14-15-28-23)13-12-22(21,3)4/h5-9,11,16H,10,12-15H2,1-4H3/b16-11+,17-5+. The zero-order valence-electron chi connectivity index (χ0n) is 17.5. The molecule has 1 saturated heterocycles. The zero-order chi connectivity index (χ0) is 21.3. The van der Waals surface area contributed by atoms with Crippen LogP contribution in [0.1, 0.15) is 47.0 Å². The van der Waals surface area contributed by atoms with Gasteiger partial charge in [0.1, 0.15) is 0 Å². The van der Waals surface area contributed by atoms with Crippen LogP contribution >= 0.6 is 11.6 Å². The van der Waals surface area contributed by atoms with Crippen molar-refractivity contribution in [2.45, 2.75) is 57.6 Å². The third kappa shape index (κ3) is 4.85. The molecular weight excluding hydrogens is 408 g/mol. The van der Waals surface area contributed by atoms with Gasteiger partial charge in [0.25, 0.3) is 0 Å². The third-order valence-corrected chi connectivity index (χ3v) is 7.63. The first-order chi connectivity index (χ1) is 13.6. The van der Waals surface area contributed by atoms with Gasteiger partial charge >= 0.3 is 0 Å². The van der Waals surface area contributed by atoms with Crippen LogP contribution < -0.4 is 0 Å². The molecule has 0 bridgehead atoms. The first-order valence-electron chi connectivity index (χ1n) is 9.90. The summed E-state index contributed by atoms with van der Waals surface area (Å²) in [5.74, 6) is -0.569. The fraction of sp³-hybridized carbons (Fsp3) is 0.478. The van der Waals surface area contributed by atoms with Crippen LogP contribution in [-0.4, -0.2) is 27.4 Å². The van der Waals surface area contributed by atoms with Crippen molar-refractivity contribution in [3.8, 4) is 0 Å². The van der Waals surface area contributed by atoms with Crippen molar-refractivity contribution in [1.82, 2.24) is 0 Å². The second-order valence-corrected chi connectivity index (χ2v) is 10.7. The van der Waals surface area contributed by atoms with Crippen LogP contribution in [0.25, 0.3) is 0 Å². The van der Waals surface area contributed by atoms with Crippen LogP contribution in [0.2, 0.25) is 5.02 Å². The molecule has 1 aliphatic heterocycles. The molecular formula is C23H29ClO4S. The Morgan fingerprint density at radius 2 is 1.76 bits per heavy atom. The van der Waals surface area contributed by atoms with Crippen LogP contribution in [0.4, 0.5) is 0 Å². The topological polar surface area (TPSA) is 52.6 Å². The van der Waals surface area contributed by atoms with Crippen LogP contribution in [0.3, 0.4) is 0 Å². The van der Waals surface area contributed by atoms with Crippen molar-refractivity contribution in [3.63, 3.8) is 0 Å². The van der Waals surface area contributed by atoms with Gasteiger partial charge in [-0.2, -0.15) is 0 Å². The van der Waals surface area contributed by atoms with E-state index in [-0.39, 0.29) is 10.3 Å². The largest absolute Gasteiger partial charge is 0.344 e. The predicted molar refractivity (Wildman–Crippen MR) is 117 cm³/mol. The molecule has 1 aromatic rings. The van der Waals surface area contributed by atoms with Crippen molar-refractivity contribution >= 4 is 21.4 Å². The molecule has 0 atom stereocenters. The summed E-state index contributed by atoms with van der Waals surface area (Å²) in [4.78, 5) is 0.232. The Balaban J connectivity index is 1.79. The molecule has 1 spiro atoms. The molecule has 0 N–H and O–H groups in total. The van der Waals surface area contributed by atoms with Gasteiger partial charge in [0.15, 0.2) is 15.6 Å². The molecule has 6 heteroatoms. The van der Waals surface area contributed by atoms with Crippen molar-refractivity contribution < 1.29 is 17.9 Å². The number of allylic oxidation sites excluding steroid dienone is 4. The van der Waals surface area contributed by atoms with Gasteiger partial charge in [-0.1, -0.05) is 42.7 Å². The predicted octanol–water partition coefficient (Wildman–Crippen LogP) is 5.84. The van der Waals surface area contributed by atoms with E-state index in [2.05, 4.69) is 26.8 Å². The molecule has 2 aliphatic rings. The highest BCUT2D eigenvalue weighted by Gasteiger charge is 2.46. The van der Waals surface area contributed by atoms with Gasteiger partial charge in [0, 0.05) is 16.9 Å². The minimum absolute atomic E-state index is 0.0561. The van der Waals surface area contributed by atoms with Gasteiger partial charge in [-0.05, 0) is 68.0 Å². The van der Waals surface area contributed by atoms with Gasteiger partial charge in [-0.3, -0.25) is 0 Å². The SMILES string of the molecule is CC1=C(C/C=C(C)/C=C/S(=O)(=O)c2ccc(Cl)cc2)C(C)(C)CCC12OCCO2. The summed E-state index contributed by atoms with van der Waals surface area (Å²) in [6.45, 7) is 9.77. The number of sulfone groups is 1. The maximum atomic E-state index is 12.5. The molecule has 0 unspecified atom stereocenters. The summed E-state index contributed by atoms with van der Waals surface area (Å²) >= 11 is 5.84. The Bertz CT molecular complexity index is 947. The number of hydrogen-bond donors (Lipinski definition) is 0. The molecule has 1 aliphatic carbocycles. The summed E-state index contributed by atoms with van der Waals surface area (Å²) in [5.41, 5.74) is 3.42. The highest BCUT2D eigenvalue weighted by Crippen LogP contribution is 2.49. The van der Waals surface area contributed by atoms with E-state index in [0.717, 1.165) is 30.4 Å². The van der Waals surface area contributed by atoms with Gasteiger partial charge in [0.2, 0.25) is 0 Å². The molecule has 4 nitrogen and oxygen atoms in total. The van der Waals surface area contributed by atoms with Gasteiger partial charge < -0.3 is 9.47 Å². The van der Waals surface area contributed by atoms with Crippen LogP contribution in [0.15, 0.2) is 63.4 Å². The number of rotatable bonds is 5. The van der Waals surface area contributed by atoms with E-state index >= 15 is 0 Å². The summed E-state index contributed by atoms with van der Waals surface area (Å²) in [5, 5.41) is 1.76. The van der Waals surface area contributed by atoms with Gasteiger partial charge in [0.05, 0.1) is 18.1 Å². The number of ether oxygens (including phenoxy) is 2. The highest BCUT2D eigenvalue weighted by molar-refractivity contribution is 7.94. The smallest absolute Gasteiger partial charge is 0.199 e. The molecule has 29 heavy (non-hydrogen) atoms. The molecule has 0 radical (unpaired) electrons. The first kappa shape index (κ1) is 22.3. The molecule has 0 saturated carbocycles. The fourth-order valence-electron chi connectivity index (χ4n) is 4.03. The van der Waals surface area contributed by atoms with E-state index in [9.17, 15) is 8.42 Å². The van der Waals surface area contributed by atoms with Crippen molar-refractivity contribution in [1.29, 1.82) is 0 Å². The molecule has 1 fully saturated rings. The highest BCUT2D eigenvalue weighted by atomic mass is 35.5. The summed E-state index contributed by atoms with van der Waals surface area (Å²) < 4.78 is 36.9. The van der Waals surface area contributed by atoms with E-state index in [4.69, 9.17) is 21.1 Å². The third-order valence-electron chi connectivity index (χ3n) is 5.95. The Kier molecular flexibility index (Phi) is 6.44. The van der Waals surface area contributed by atoms with Crippen LogP contribution in [0, 0.1) is 5.41 Å². The number of hydrogen-bond acceptors (Lipinski definition) is 4. The Hall–Kier alpha value is -1.40. The lowest BCUT2D eigenvalue weighted by molar-refractivity contribution is -0.142. The summed E-state index contributed by atoms with van der Waals surface area (Å²) in [6.07, 6.45) is 6.32. The second-order valence-electron chi connectivity index (χ2n) is 8.39. The maximum Gasteiger partial charge on any atom is 0.199 e. The van der Waals surface area contributed by atoms with E-state index in [1.807, 2.05) is 6.92 Å². The number of halogens is 1. The van der Waals surface area contributed by atoms with Crippen LogP contribution in [0.5, 0.6) is 0 Å². The molecule has 1 aromatic carbocycles. The number of benzene rings is 1. The zero-order valence-corrected chi connectivity index (χ0v) is 19.1. The van der Waals surface area contributed by atoms with E-state index < -0.39 is 15.6 Å². The monoisotopic (exact) mass is 436 g/mol. The normalized spacial score (nSPS) is 22.0. The Morgan fingerprint density at radius 3 is 2.38 bits per heavy atom. The van der Waals surface area contributed by atoms with Gasteiger partial charge in [-0.15, -0.1) is 0 Å². The van der Waals surface area contributed by atoms with E-state index in [1.165, 1.54) is 23.1 Å². The average Bonchev–Trinajstić information content (AvgIpc) is 3.14. The molecule has 158 valence electrons. The van der Waals surface area contributed by atoms with Crippen molar-refractivity contribution in [2.24, 2.45) is 5.41 Å². The van der Waals surface area contributed by atoms with Gasteiger partial charge in [-0.25, -0.2) is 8.42 Å². The maximum absolute atomic E-state index is 12.5. The summed E-state index contributed by atoms with van der Waals surface area (Å²) in [6, 6.07) is 6.18. The quantitative estimate of drug-likeness (QED) is 0.429. The average molecular weight is 437 g/mol. The van der Waals surface area contributed by atoms with Crippen molar-refractivity contribution in [2.75, 3.05) is 13.2 Å². The summed E-state index contributed by atoms with van der Waals surface area (Å²) in [7, 11) is -3.50. The molecule has 0 aromatic heterocycles. The second kappa shape index (κ2) is 8.38. The first-order valence-corrected chi connectivity index (χ1v) is 11.8. The lowest BCUT2D eigenvalue weighted by Crippen LogP contribution is -2.40. The van der Waals surface area contributed by atoms with Crippen molar-refractivity contribution in [3.05, 3.63) is 63.6 Å². The minimum atomic E-state index is -3.50. The fourth-order valence-corrected chi connectivity index (χ4v) is 5.22. The van der Waals surface area contributed by atoms with Crippen LogP contribution in [-0.2, 0) is 19.3 Å².